The number of para-hydroxylation sites is 1. The molecule has 0 atom stereocenters. The van der Waals surface area contributed by atoms with Gasteiger partial charge in [-0.15, -0.1) is 0 Å². The van der Waals surface area contributed by atoms with Crippen molar-refractivity contribution in [2.75, 3.05) is 5.01 Å². The summed E-state index contributed by atoms with van der Waals surface area (Å²) in [5.74, 6) is -1.18. The van der Waals surface area contributed by atoms with E-state index < -0.39 is 5.97 Å². The van der Waals surface area contributed by atoms with Gasteiger partial charge in [0.05, 0.1) is 17.0 Å². The monoisotopic (exact) mass is 393 g/mol. The molecule has 0 bridgehead atoms. The van der Waals surface area contributed by atoms with Gasteiger partial charge in [-0.2, -0.15) is 10.1 Å². The Bertz CT molecular complexity index is 1180. The summed E-state index contributed by atoms with van der Waals surface area (Å²) >= 11 is 6.03. The maximum Gasteiger partial charge on any atom is 0.323 e. The molecular weight excluding hydrogens is 378 g/mol. The highest BCUT2D eigenvalue weighted by atomic mass is 35.5. The number of carboxylic acid groups (broad SMARTS) is 1. The van der Waals surface area contributed by atoms with E-state index >= 15 is 0 Å². The second kappa shape index (κ2) is 6.98. The molecule has 140 valence electrons. The van der Waals surface area contributed by atoms with Gasteiger partial charge in [-0.05, 0) is 37.3 Å². The van der Waals surface area contributed by atoms with Crippen LogP contribution in [-0.2, 0) is 16.1 Å². The minimum absolute atomic E-state index is 0.153. The lowest BCUT2D eigenvalue weighted by atomic mass is 10.1. The number of rotatable bonds is 4. The van der Waals surface area contributed by atoms with Crippen molar-refractivity contribution in [3.8, 4) is 0 Å². The first kappa shape index (κ1) is 18.0. The number of aromatic nitrogens is 1. The number of halogens is 1. The fraction of sp³-hybridized carbons (Fsp3) is 0.0952. The average molecular weight is 394 g/mol. The lowest BCUT2D eigenvalue weighted by Crippen LogP contribution is -2.21. The van der Waals surface area contributed by atoms with E-state index in [1.807, 2.05) is 24.3 Å². The quantitative estimate of drug-likeness (QED) is 0.675. The standard InChI is InChI=1S/C21H16ClN3O3/c1-13-18(21(28)25(23-13)16-6-4-5-15(22)10-16)9-14-11-24(12-20(26)27)19-8-3-2-7-17(14)19/h2-11H,12H2,1H3,(H,26,27). The van der Waals surface area contributed by atoms with Gasteiger partial charge in [0.15, 0.2) is 0 Å². The lowest BCUT2D eigenvalue weighted by molar-refractivity contribution is -0.137. The number of aliphatic carboxylic acids is 1. The van der Waals surface area contributed by atoms with Gasteiger partial charge in [0, 0.05) is 27.7 Å². The fourth-order valence-corrected chi connectivity index (χ4v) is 3.47. The SMILES string of the molecule is CC1=NN(c2cccc(Cl)c2)C(=O)C1=Cc1cn(CC(=O)O)c2ccccc12. The summed E-state index contributed by atoms with van der Waals surface area (Å²) in [6, 6.07) is 14.4. The number of hydrogen-bond donors (Lipinski definition) is 1. The highest BCUT2D eigenvalue weighted by molar-refractivity contribution is 6.33. The number of carboxylic acids is 1. The molecule has 3 aromatic rings. The molecule has 0 radical (unpaired) electrons. The molecule has 6 nitrogen and oxygen atoms in total. The summed E-state index contributed by atoms with van der Waals surface area (Å²) in [7, 11) is 0. The Morgan fingerprint density at radius 3 is 2.75 bits per heavy atom. The molecule has 0 saturated carbocycles. The van der Waals surface area contributed by atoms with Gasteiger partial charge in [0.1, 0.15) is 6.54 Å². The Morgan fingerprint density at radius 2 is 2.00 bits per heavy atom. The second-order valence-corrected chi connectivity index (χ2v) is 6.90. The number of carbonyl (C=O) groups excluding carboxylic acids is 1. The fourth-order valence-electron chi connectivity index (χ4n) is 3.29. The first-order valence-electron chi connectivity index (χ1n) is 8.61. The Labute approximate surface area is 165 Å². The first-order chi connectivity index (χ1) is 13.4. The average Bonchev–Trinajstić information content (AvgIpc) is 3.14. The summed E-state index contributed by atoms with van der Waals surface area (Å²) in [6.45, 7) is 1.62. The maximum atomic E-state index is 13.0. The Kier molecular flexibility index (Phi) is 4.49. The van der Waals surface area contributed by atoms with Gasteiger partial charge in [0.2, 0.25) is 0 Å². The van der Waals surface area contributed by atoms with E-state index in [9.17, 15) is 9.59 Å². The summed E-state index contributed by atoms with van der Waals surface area (Å²) in [6.07, 6.45) is 3.50. The lowest BCUT2D eigenvalue weighted by Gasteiger charge is -2.11. The highest BCUT2D eigenvalue weighted by Crippen LogP contribution is 2.29. The number of hydrogen-bond acceptors (Lipinski definition) is 3. The molecule has 1 aliphatic heterocycles. The number of fused-ring (bicyclic) bond motifs is 1. The summed E-state index contributed by atoms with van der Waals surface area (Å²) in [4.78, 5) is 24.1. The predicted octanol–water partition coefficient (Wildman–Crippen LogP) is 4.19. The summed E-state index contributed by atoms with van der Waals surface area (Å²) in [5.41, 5.74) is 3.19. The van der Waals surface area contributed by atoms with Crippen LogP contribution in [0.4, 0.5) is 5.69 Å². The number of hydrazone groups is 1. The number of carbonyl (C=O) groups is 2. The molecule has 2 aromatic carbocycles. The number of amides is 1. The van der Waals surface area contributed by atoms with Crippen LogP contribution in [0.5, 0.6) is 0 Å². The molecular formula is C21H16ClN3O3. The molecule has 1 aromatic heterocycles. The summed E-state index contributed by atoms with van der Waals surface area (Å²) < 4.78 is 1.66. The zero-order chi connectivity index (χ0) is 19.8. The van der Waals surface area contributed by atoms with E-state index in [0.717, 1.165) is 16.5 Å². The third-order valence-corrected chi connectivity index (χ3v) is 4.78. The minimum Gasteiger partial charge on any atom is -0.480 e. The zero-order valence-corrected chi connectivity index (χ0v) is 15.7. The van der Waals surface area contributed by atoms with Crippen molar-refractivity contribution in [3.63, 3.8) is 0 Å². The third kappa shape index (κ3) is 3.18. The molecule has 1 aliphatic rings. The topological polar surface area (TPSA) is 74.9 Å². The van der Waals surface area contributed by atoms with Crippen molar-refractivity contribution in [1.82, 2.24) is 4.57 Å². The van der Waals surface area contributed by atoms with Crippen molar-refractivity contribution in [2.45, 2.75) is 13.5 Å². The van der Waals surface area contributed by atoms with E-state index in [0.29, 0.717) is 22.0 Å². The zero-order valence-electron chi connectivity index (χ0n) is 15.0. The number of anilines is 1. The van der Waals surface area contributed by atoms with Gasteiger partial charge in [0.25, 0.3) is 5.91 Å². The van der Waals surface area contributed by atoms with Crippen molar-refractivity contribution < 1.29 is 14.7 Å². The van der Waals surface area contributed by atoms with Gasteiger partial charge in [-0.25, -0.2) is 0 Å². The van der Waals surface area contributed by atoms with E-state index in [-0.39, 0.29) is 12.5 Å². The van der Waals surface area contributed by atoms with Gasteiger partial charge < -0.3 is 9.67 Å². The molecule has 1 N–H and O–H groups in total. The van der Waals surface area contributed by atoms with Crippen LogP contribution in [-0.4, -0.2) is 27.3 Å². The molecule has 4 rings (SSSR count). The number of benzene rings is 2. The van der Waals surface area contributed by atoms with Crippen molar-refractivity contribution in [3.05, 3.63) is 70.9 Å². The van der Waals surface area contributed by atoms with E-state index in [2.05, 4.69) is 5.10 Å². The smallest absolute Gasteiger partial charge is 0.323 e. The van der Waals surface area contributed by atoms with Crippen molar-refractivity contribution in [2.24, 2.45) is 5.10 Å². The van der Waals surface area contributed by atoms with E-state index in [4.69, 9.17) is 16.7 Å². The maximum absolute atomic E-state index is 13.0. The van der Waals surface area contributed by atoms with Crippen LogP contribution >= 0.6 is 11.6 Å². The third-order valence-electron chi connectivity index (χ3n) is 4.54. The molecule has 0 aliphatic carbocycles. The van der Waals surface area contributed by atoms with Crippen LogP contribution in [0.3, 0.4) is 0 Å². The van der Waals surface area contributed by atoms with Crippen LogP contribution in [0.1, 0.15) is 12.5 Å². The Hall–Kier alpha value is -3.38. The van der Waals surface area contributed by atoms with Crippen LogP contribution in [0.15, 0.2) is 65.4 Å². The van der Waals surface area contributed by atoms with Crippen LogP contribution in [0.25, 0.3) is 17.0 Å². The van der Waals surface area contributed by atoms with Gasteiger partial charge >= 0.3 is 5.97 Å². The molecule has 0 unspecified atom stereocenters. The molecule has 2 heterocycles. The second-order valence-electron chi connectivity index (χ2n) is 6.46. The van der Waals surface area contributed by atoms with Gasteiger partial charge in [-0.3, -0.25) is 9.59 Å². The first-order valence-corrected chi connectivity index (χ1v) is 8.99. The van der Waals surface area contributed by atoms with E-state index in [1.165, 1.54) is 5.01 Å². The minimum atomic E-state index is -0.929. The Morgan fingerprint density at radius 1 is 1.21 bits per heavy atom. The normalized spacial score (nSPS) is 15.5. The molecule has 0 fully saturated rings. The largest absolute Gasteiger partial charge is 0.480 e. The Balaban J connectivity index is 1.77. The van der Waals surface area contributed by atoms with Crippen molar-refractivity contribution in [1.29, 1.82) is 0 Å². The van der Waals surface area contributed by atoms with Crippen LogP contribution in [0.2, 0.25) is 5.02 Å². The highest BCUT2D eigenvalue weighted by Gasteiger charge is 2.29. The van der Waals surface area contributed by atoms with Gasteiger partial charge in [-0.1, -0.05) is 35.9 Å². The molecule has 0 spiro atoms. The molecule has 7 heteroatoms. The van der Waals surface area contributed by atoms with Crippen molar-refractivity contribution >= 4 is 51.9 Å². The van der Waals surface area contributed by atoms with E-state index in [1.54, 1.807) is 48.0 Å². The van der Waals surface area contributed by atoms with Crippen LogP contribution < -0.4 is 5.01 Å². The molecule has 1 amide bonds. The predicted molar refractivity (Wildman–Crippen MR) is 110 cm³/mol. The molecule has 28 heavy (non-hydrogen) atoms. The number of nitrogens with zero attached hydrogens (tertiary/aromatic N) is 3. The molecule has 0 saturated heterocycles. The van der Waals surface area contributed by atoms with Crippen LogP contribution in [0, 0.1) is 0 Å². The summed E-state index contributed by atoms with van der Waals surface area (Å²) in [5, 5.41) is 16.2.